The van der Waals surface area contributed by atoms with Crippen molar-refractivity contribution in [3.8, 4) is 22.7 Å². The number of aromatic nitrogens is 2. The predicted octanol–water partition coefficient (Wildman–Crippen LogP) is 4.39. The summed E-state index contributed by atoms with van der Waals surface area (Å²) in [6, 6.07) is 24.6. The van der Waals surface area contributed by atoms with Gasteiger partial charge in [-0.25, -0.2) is 18.2 Å². The largest absolute Gasteiger partial charge is 0.497 e. The average Bonchev–Trinajstić information content (AvgIpc) is 3.27. The fraction of sp³-hybridized carbons (Fsp3) is 0.192. The van der Waals surface area contributed by atoms with Crippen molar-refractivity contribution in [1.82, 2.24) is 14.7 Å². The Bertz CT molecular complexity index is 1350. The molecule has 0 amide bonds. The first-order valence-corrected chi connectivity index (χ1v) is 12.4. The summed E-state index contributed by atoms with van der Waals surface area (Å²) >= 11 is 0. The second-order valence-corrected chi connectivity index (χ2v) is 9.78. The molecule has 0 aliphatic carbocycles. The van der Waals surface area contributed by atoms with Gasteiger partial charge in [0.1, 0.15) is 5.75 Å². The minimum Gasteiger partial charge on any atom is -0.497 e. The lowest BCUT2D eigenvalue weighted by Gasteiger charge is -2.25. The normalized spacial score (nSPS) is 12.6. The average molecular weight is 477 g/mol. The number of nitrogens with two attached hydrogens (primary N) is 1. The van der Waals surface area contributed by atoms with E-state index in [1.165, 1.54) is 0 Å². The van der Waals surface area contributed by atoms with Crippen molar-refractivity contribution in [2.45, 2.75) is 24.4 Å². The van der Waals surface area contributed by atoms with Crippen molar-refractivity contribution in [1.29, 1.82) is 0 Å². The highest BCUT2D eigenvalue weighted by Crippen LogP contribution is 2.29. The van der Waals surface area contributed by atoms with Crippen LogP contribution in [0.5, 0.6) is 5.75 Å². The summed E-state index contributed by atoms with van der Waals surface area (Å²) in [5.74, 6) is 0.793. The molecule has 2 N–H and O–H groups in total. The fourth-order valence-electron chi connectivity index (χ4n) is 3.83. The molecule has 34 heavy (non-hydrogen) atoms. The third-order valence-corrected chi connectivity index (χ3v) is 6.88. The van der Waals surface area contributed by atoms with Gasteiger partial charge in [-0.1, -0.05) is 30.3 Å². The highest BCUT2D eigenvalue weighted by atomic mass is 32.2. The third-order valence-electron chi connectivity index (χ3n) is 5.95. The van der Waals surface area contributed by atoms with E-state index >= 15 is 0 Å². The first-order chi connectivity index (χ1) is 16.3. The van der Waals surface area contributed by atoms with Crippen LogP contribution in [0.1, 0.15) is 24.1 Å². The van der Waals surface area contributed by atoms with Crippen LogP contribution in [-0.4, -0.2) is 37.3 Å². The topological polar surface area (TPSA) is 90.4 Å². The molecule has 0 spiro atoms. The monoisotopic (exact) mass is 476 g/mol. The number of methoxy groups -OCH3 is 1. The molecule has 7 nitrogen and oxygen atoms in total. The van der Waals surface area contributed by atoms with Gasteiger partial charge in [0.05, 0.1) is 23.4 Å². The zero-order chi connectivity index (χ0) is 24.3. The smallest absolute Gasteiger partial charge is 0.238 e. The number of hydrogen-bond donors (Lipinski definition) is 1. The first-order valence-electron chi connectivity index (χ1n) is 10.9. The second kappa shape index (κ2) is 9.80. The number of nitrogens with zero attached hydrogens (tertiary/aromatic N) is 3. The van der Waals surface area contributed by atoms with E-state index in [2.05, 4.69) is 18.0 Å². The van der Waals surface area contributed by atoms with Gasteiger partial charge < -0.3 is 4.74 Å². The maximum Gasteiger partial charge on any atom is 0.238 e. The zero-order valence-electron chi connectivity index (χ0n) is 19.4. The number of rotatable bonds is 8. The first kappa shape index (κ1) is 23.7. The summed E-state index contributed by atoms with van der Waals surface area (Å²) in [6.45, 7) is 2.73. The highest BCUT2D eigenvalue weighted by molar-refractivity contribution is 7.89. The molecular formula is C26H28N4O3S. The van der Waals surface area contributed by atoms with Gasteiger partial charge in [0, 0.05) is 29.9 Å². The van der Waals surface area contributed by atoms with Gasteiger partial charge >= 0.3 is 0 Å². The lowest BCUT2D eigenvalue weighted by Crippen LogP contribution is -2.22. The summed E-state index contributed by atoms with van der Waals surface area (Å²) in [5, 5.41) is 10.1. The molecule has 0 aliphatic heterocycles. The van der Waals surface area contributed by atoms with Crippen molar-refractivity contribution in [3.05, 3.63) is 96.2 Å². The maximum absolute atomic E-state index is 11.6. The molecule has 0 saturated carbocycles. The van der Waals surface area contributed by atoms with Crippen molar-refractivity contribution in [2.75, 3.05) is 14.2 Å². The number of benzene rings is 3. The Morgan fingerprint density at radius 3 is 2.24 bits per heavy atom. The molecule has 0 saturated heterocycles. The Morgan fingerprint density at radius 2 is 1.65 bits per heavy atom. The third kappa shape index (κ3) is 5.20. The minimum atomic E-state index is -3.71. The molecule has 1 aromatic heterocycles. The minimum absolute atomic E-state index is 0.0401. The molecule has 0 aliphatic rings. The standard InChI is InChI=1S/C26H28N4O3S/c1-19(20-11-15-25(16-12-20)34(27,31)32)29(2)17-22-18-30(23-7-5-4-6-8-23)28-26(22)21-9-13-24(33-3)14-10-21/h4-16,18-19H,17H2,1-3H3,(H2,27,31,32). The Hall–Kier alpha value is -3.46. The molecule has 1 heterocycles. The Labute approximate surface area is 200 Å². The number of hydrogen-bond acceptors (Lipinski definition) is 5. The van der Waals surface area contributed by atoms with E-state index in [0.717, 1.165) is 33.8 Å². The van der Waals surface area contributed by atoms with Crippen LogP contribution in [0.4, 0.5) is 0 Å². The van der Waals surface area contributed by atoms with Crippen LogP contribution in [0.2, 0.25) is 0 Å². The fourth-order valence-corrected chi connectivity index (χ4v) is 4.34. The van der Waals surface area contributed by atoms with E-state index in [9.17, 15) is 8.42 Å². The molecule has 4 rings (SSSR count). The predicted molar refractivity (Wildman–Crippen MR) is 133 cm³/mol. The Morgan fingerprint density at radius 1 is 1.00 bits per heavy atom. The number of primary sulfonamides is 1. The molecule has 1 atom stereocenters. The van der Waals surface area contributed by atoms with Crippen LogP contribution in [0, 0.1) is 0 Å². The van der Waals surface area contributed by atoms with Crippen molar-refractivity contribution in [2.24, 2.45) is 5.14 Å². The molecule has 4 aromatic rings. The van der Waals surface area contributed by atoms with Crippen LogP contribution in [0.25, 0.3) is 16.9 Å². The maximum atomic E-state index is 11.6. The molecule has 0 fully saturated rings. The van der Waals surface area contributed by atoms with E-state index in [1.807, 2.05) is 66.3 Å². The number of para-hydroxylation sites is 1. The Kier molecular flexibility index (Phi) is 6.83. The van der Waals surface area contributed by atoms with E-state index in [0.29, 0.717) is 6.54 Å². The lowest BCUT2D eigenvalue weighted by molar-refractivity contribution is 0.253. The van der Waals surface area contributed by atoms with Gasteiger partial charge in [0.25, 0.3) is 0 Å². The van der Waals surface area contributed by atoms with Crippen LogP contribution >= 0.6 is 0 Å². The van der Waals surface area contributed by atoms with Crippen LogP contribution in [-0.2, 0) is 16.6 Å². The van der Waals surface area contributed by atoms with Crippen molar-refractivity contribution >= 4 is 10.0 Å². The van der Waals surface area contributed by atoms with E-state index in [-0.39, 0.29) is 10.9 Å². The molecule has 176 valence electrons. The molecule has 1 unspecified atom stereocenters. The van der Waals surface area contributed by atoms with Gasteiger partial charge in [0.2, 0.25) is 10.0 Å². The zero-order valence-corrected chi connectivity index (χ0v) is 20.2. The van der Waals surface area contributed by atoms with Gasteiger partial charge in [-0.2, -0.15) is 5.10 Å². The molecule has 8 heteroatoms. The van der Waals surface area contributed by atoms with E-state index in [4.69, 9.17) is 15.0 Å². The van der Waals surface area contributed by atoms with Gasteiger partial charge in [-0.15, -0.1) is 0 Å². The SMILES string of the molecule is COc1ccc(-c2nn(-c3ccccc3)cc2CN(C)C(C)c2ccc(S(N)(=O)=O)cc2)cc1. The van der Waals surface area contributed by atoms with Crippen molar-refractivity contribution < 1.29 is 13.2 Å². The molecule has 3 aromatic carbocycles. The summed E-state index contributed by atoms with van der Waals surface area (Å²) in [4.78, 5) is 2.31. The molecular weight excluding hydrogens is 448 g/mol. The quantitative estimate of drug-likeness (QED) is 0.407. The summed E-state index contributed by atoms with van der Waals surface area (Å²) < 4.78 is 30.3. The summed E-state index contributed by atoms with van der Waals surface area (Å²) in [7, 11) is -0.0258. The van der Waals surface area contributed by atoms with Crippen molar-refractivity contribution in [3.63, 3.8) is 0 Å². The van der Waals surface area contributed by atoms with Gasteiger partial charge in [0.15, 0.2) is 0 Å². The van der Waals surface area contributed by atoms with Gasteiger partial charge in [-0.05, 0) is 68.1 Å². The summed E-state index contributed by atoms with van der Waals surface area (Å²) in [6.07, 6.45) is 2.06. The highest BCUT2D eigenvalue weighted by Gasteiger charge is 2.19. The van der Waals surface area contributed by atoms with Crippen LogP contribution in [0.15, 0.2) is 90.0 Å². The molecule has 0 radical (unpaired) electrons. The number of ether oxygens (including phenoxy) is 1. The van der Waals surface area contributed by atoms with Crippen LogP contribution < -0.4 is 9.88 Å². The van der Waals surface area contributed by atoms with Crippen LogP contribution in [0.3, 0.4) is 0 Å². The Balaban J connectivity index is 1.64. The summed E-state index contributed by atoms with van der Waals surface area (Å²) in [5.41, 5.74) is 4.96. The molecule has 0 bridgehead atoms. The van der Waals surface area contributed by atoms with E-state index < -0.39 is 10.0 Å². The number of sulfonamides is 1. The van der Waals surface area contributed by atoms with Gasteiger partial charge in [-0.3, -0.25) is 4.90 Å². The van der Waals surface area contributed by atoms with E-state index in [1.54, 1.807) is 31.4 Å². The lowest BCUT2D eigenvalue weighted by atomic mass is 10.0. The second-order valence-electron chi connectivity index (χ2n) is 8.22.